The minimum absolute atomic E-state index is 0.0378. The molecule has 1 atom stereocenters. The standard InChI is InChI=1S/C23H26ClN5O4/c24-20-19(13-26-28-22(20)31)29-11-10-18(14-29)33-23(32)27-17-8-6-15(7-9-17)12-25-21(30)16-4-2-1-3-5-16/h1-5,12-13,15,17-18H,6-11,14H2,(H,27,32)(H,28,31)/t15?,17?,18-/m1/s1. The van der Waals surface area contributed by atoms with Crippen molar-refractivity contribution >= 4 is 35.5 Å². The summed E-state index contributed by atoms with van der Waals surface area (Å²) in [5, 5.41) is 9.11. The van der Waals surface area contributed by atoms with Gasteiger partial charge in [-0.25, -0.2) is 14.9 Å². The molecule has 1 saturated carbocycles. The van der Waals surface area contributed by atoms with Crippen molar-refractivity contribution in [3.05, 3.63) is 57.5 Å². The molecule has 1 saturated heterocycles. The quantitative estimate of drug-likeness (QED) is 0.647. The average molecular weight is 472 g/mol. The average Bonchev–Trinajstić information content (AvgIpc) is 3.28. The lowest BCUT2D eigenvalue weighted by atomic mass is 9.87. The Balaban J connectivity index is 1.19. The fraction of sp³-hybridized carbons (Fsp3) is 0.435. The number of hydrogen-bond acceptors (Lipinski definition) is 6. The smallest absolute Gasteiger partial charge is 0.407 e. The van der Waals surface area contributed by atoms with Gasteiger partial charge in [-0.1, -0.05) is 29.8 Å². The van der Waals surface area contributed by atoms with Crippen LogP contribution in [0.15, 0.2) is 46.3 Å². The molecule has 1 aliphatic heterocycles. The van der Waals surface area contributed by atoms with E-state index in [1.165, 1.54) is 6.20 Å². The molecule has 1 aromatic carbocycles. The van der Waals surface area contributed by atoms with E-state index in [1.807, 2.05) is 23.1 Å². The molecule has 9 nitrogen and oxygen atoms in total. The number of anilines is 1. The van der Waals surface area contributed by atoms with Crippen molar-refractivity contribution < 1.29 is 14.3 Å². The van der Waals surface area contributed by atoms with Crippen LogP contribution in [-0.2, 0) is 4.74 Å². The van der Waals surface area contributed by atoms with E-state index in [2.05, 4.69) is 20.5 Å². The Kier molecular flexibility index (Phi) is 7.39. The van der Waals surface area contributed by atoms with Gasteiger partial charge in [-0.2, -0.15) is 5.10 Å². The molecule has 4 rings (SSSR count). The third-order valence-corrected chi connectivity index (χ3v) is 6.42. The maximum atomic E-state index is 12.4. The summed E-state index contributed by atoms with van der Waals surface area (Å²) in [6.45, 7) is 1.08. The number of carbonyl (C=O) groups is 2. The number of carbonyl (C=O) groups excluding carboxylic acids is 2. The van der Waals surface area contributed by atoms with E-state index in [1.54, 1.807) is 18.3 Å². The van der Waals surface area contributed by atoms with Crippen LogP contribution in [0.3, 0.4) is 0 Å². The Labute approximate surface area is 196 Å². The van der Waals surface area contributed by atoms with Crippen LogP contribution in [0.5, 0.6) is 0 Å². The SMILES string of the molecule is O=C(NC1CCC(C=NC(=O)c2ccccc2)CC1)O[C@@H]1CCN(c2cn[nH]c(=O)c2Cl)C1. The molecule has 33 heavy (non-hydrogen) atoms. The molecule has 2 heterocycles. The van der Waals surface area contributed by atoms with Gasteiger partial charge >= 0.3 is 6.09 Å². The van der Waals surface area contributed by atoms with Gasteiger partial charge in [-0.05, 0) is 43.7 Å². The predicted molar refractivity (Wildman–Crippen MR) is 125 cm³/mol. The number of rotatable bonds is 5. The highest BCUT2D eigenvalue weighted by Crippen LogP contribution is 2.26. The van der Waals surface area contributed by atoms with E-state index in [0.717, 1.165) is 25.7 Å². The van der Waals surface area contributed by atoms with Crippen molar-refractivity contribution in [1.82, 2.24) is 15.5 Å². The Hall–Kier alpha value is -3.20. The molecule has 1 aromatic heterocycles. The largest absolute Gasteiger partial charge is 0.444 e. The van der Waals surface area contributed by atoms with Gasteiger partial charge in [0.15, 0.2) is 0 Å². The van der Waals surface area contributed by atoms with Crippen LogP contribution in [0.2, 0.25) is 5.02 Å². The maximum Gasteiger partial charge on any atom is 0.407 e. The lowest BCUT2D eigenvalue weighted by molar-refractivity contribution is 0.100. The maximum absolute atomic E-state index is 12.4. The van der Waals surface area contributed by atoms with E-state index in [-0.39, 0.29) is 29.0 Å². The number of aliphatic imine (C=N–C) groups is 1. The number of H-pyrrole nitrogens is 1. The van der Waals surface area contributed by atoms with Crippen LogP contribution in [-0.4, -0.2) is 53.6 Å². The predicted octanol–water partition coefficient (Wildman–Crippen LogP) is 3.20. The van der Waals surface area contributed by atoms with Crippen LogP contribution in [0.4, 0.5) is 10.5 Å². The fourth-order valence-corrected chi connectivity index (χ4v) is 4.44. The van der Waals surface area contributed by atoms with Gasteiger partial charge in [0.05, 0.1) is 18.4 Å². The fourth-order valence-electron chi connectivity index (χ4n) is 4.23. The number of ether oxygens (including phenoxy) is 1. The molecule has 0 radical (unpaired) electrons. The number of alkyl carbamates (subject to hydrolysis) is 1. The summed E-state index contributed by atoms with van der Waals surface area (Å²) in [5.41, 5.74) is 0.675. The van der Waals surface area contributed by atoms with Crippen LogP contribution in [0.1, 0.15) is 42.5 Å². The number of aromatic nitrogens is 2. The molecule has 2 aromatic rings. The molecule has 174 valence electrons. The molecule has 0 bridgehead atoms. The normalized spacial score (nSPS) is 22.9. The van der Waals surface area contributed by atoms with Gasteiger partial charge in [0.1, 0.15) is 11.1 Å². The molecular formula is C23H26ClN5O4. The molecule has 2 amide bonds. The summed E-state index contributed by atoms with van der Waals surface area (Å²) < 4.78 is 5.58. The summed E-state index contributed by atoms with van der Waals surface area (Å²) in [6, 6.07) is 9.03. The highest BCUT2D eigenvalue weighted by Gasteiger charge is 2.29. The number of aromatic amines is 1. The molecule has 2 aliphatic rings. The molecule has 2 N–H and O–H groups in total. The van der Waals surface area contributed by atoms with Crippen molar-refractivity contribution in [1.29, 1.82) is 0 Å². The zero-order chi connectivity index (χ0) is 23.2. The van der Waals surface area contributed by atoms with Crippen molar-refractivity contribution in [3.63, 3.8) is 0 Å². The number of halogens is 1. The monoisotopic (exact) mass is 471 g/mol. The molecule has 1 aliphatic carbocycles. The van der Waals surface area contributed by atoms with E-state index in [0.29, 0.717) is 30.8 Å². The van der Waals surface area contributed by atoms with Gasteiger partial charge in [0.25, 0.3) is 11.5 Å². The topological polar surface area (TPSA) is 117 Å². The zero-order valence-corrected chi connectivity index (χ0v) is 18.8. The second-order valence-corrected chi connectivity index (χ2v) is 8.74. The summed E-state index contributed by atoms with van der Waals surface area (Å²) in [4.78, 5) is 42.1. The molecular weight excluding hydrogens is 446 g/mol. The first-order chi connectivity index (χ1) is 16.0. The third-order valence-electron chi connectivity index (χ3n) is 6.05. The highest BCUT2D eigenvalue weighted by molar-refractivity contribution is 6.33. The first kappa shape index (κ1) is 23.0. The minimum Gasteiger partial charge on any atom is -0.444 e. The van der Waals surface area contributed by atoms with Gasteiger partial charge < -0.3 is 15.0 Å². The second-order valence-electron chi connectivity index (χ2n) is 8.37. The third kappa shape index (κ3) is 5.98. The number of benzene rings is 1. The number of nitrogens with one attached hydrogen (secondary N) is 2. The van der Waals surface area contributed by atoms with Crippen LogP contribution < -0.4 is 15.8 Å². The first-order valence-electron chi connectivity index (χ1n) is 11.1. The van der Waals surface area contributed by atoms with Crippen LogP contribution >= 0.6 is 11.6 Å². The lowest BCUT2D eigenvalue weighted by Gasteiger charge is -2.27. The highest BCUT2D eigenvalue weighted by atomic mass is 35.5. The zero-order valence-electron chi connectivity index (χ0n) is 18.1. The summed E-state index contributed by atoms with van der Waals surface area (Å²) in [6.07, 6.45) is 6.47. The Bertz CT molecular complexity index is 1070. The van der Waals surface area contributed by atoms with E-state index < -0.39 is 11.7 Å². The number of hydrogen-bond donors (Lipinski definition) is 2. The van der Waals surface area contributed by atoms with Gasteiger partial charge in [0, 0.05) is 30.8 Å². The van der Waals surface area contributed by atoms with Crippen LogP contribution in [0.25, 0.3) is 0 Å². The molecule has 0 spiro atoms. The summed E-state index contributed by atoms with van der Waals surface area (Å²) in [5.74, 6) is -0.00952. The summed E-state index contributed by atoms with van der Waals surface area (Å²) >= 11 is 6.06. The molecule has 10 heteroatoms. The Morgan fingerprint density at radius 1 is 1.18 bits per heavy atom. The van der Waals surface area contributed by atoms with Crippen molar-refractivity contribution in [2.75, 3.05) is 18.0 Å². The molecule has 0 unspecified atom stereocenters. The number of nitrogens with zero attached hydrogens (tertiary/aromatic N) is 3. The Morgan fingerprint density at radius 3 is 2.70 bits per heavy atom. The van der Waals surface area contributed by atoms with Gasteiger partial charge in [-0.3, -0.25) is 9.59 Å². The van der Waals surface area contributed by atoms with Gasteiger partial charge in [0.2, 0.25) is 0 Å². The van der Waals surface area contributed by atoms with Crippen molar-refractivity contribution in [2.24, 2.45) is 10.9 Å². The number of amides is 2. The van der Waals surface area contributed by atoms with E-state index in [9.17, 15) is 14.4 Å². The summed E-state index contributed by atoms with van der Waals surface area (Å²) in [7, 11) is 0. The van der Waals surface area contributed by atoms with Gasteiger partial charge in [-0.15, -0.1) is 0 Å². The minimum atomic E-state index is -0.443. The molecule has 2 fully saturated rings. The van der Waals surface area contributed by atoms with Crippen LogP contribution in [0, 0.1) is 5.92 Å². The Morgan fingerprint density at radius 2 is 1.94 bits per heavy atom. The first-order valence-corrected chi connectivity index (χ1v) is 11.5. The van der Waals surface area contributed by atoms with E-state index in [4.69, 9.17) is 16.3 Å². The lowest BCUT2D eigenvalue weighted by Crippen LogP contribution is -2.40. The van der Waals surface area contributed by atoms with E-state index >= 15 is 0 Å². The van der Waals surface area contributed by atoms with Crippen molar-refractivity contribution in [2.45, 2.75) is 44.2 Å². The second kappa shape index (κ2) is 10.6. The van der Waals surface area contributed by atoms with Crippen molar-refractivity contribution in [3.8, 4) is 0 Å².